The smallest absolute Gasteiger partial charge is 0.244 e. The maximum atomic E-state index is 12.3. The van der Waals surface area contributed by atoms with Crippen LogP contribution in [0.1, 0.15) is 25.5 Å². The number of benzene rings is 1. The van der Waals surface area contributed by atoms with Crippen LogP contribution in [0, 0.1) is 0 Å². The summed E-state index contributed by atoms with van der Waals surface area (Å²) in [5, 5.41) is 0. The topological polar surface area (TPSA) is 55.6 Å². The fraction of sp³-hybridized carbons (Fsp3) is 0.500. The van der Waals surface area contributed by atoms with E-state index in [0.29, 0.717) is 13.2 Å². The molecule has 0 radical (unpaired) electrons. The lowest BCUT2D eigenvalue weighted by Crippen LogP contribution is -2.44. The van der Waals surface area contributed by atoms with Crippen molar-refractivity contribution in [2.75, 3.05) is 20.3 Å². The van der Waals surface area contributed by atoms with Gasteiger partial charge in [-0.15, -0.1) is 0 Å². The number of carbonyl (C=O) groups excluding carboxylic acids is 1. The average Bonchev–Trinajstić information content (AvgIpc) is 2.38. The highest BCUT2D eigenvalue weighted by atomic mass is 16.5. The Morgan fingerprint density at radius 2 is 1.94 bits per heavy atom. The second-order valence-corrected chi connectivity index (χ2v) is 4.51. The first-order valence-corrected chi connectivity index (χ1v) is 6.18. The summed E-state index contributed by atoms with van der Waals surface area (Å²) < 4.78 is 5.02. The Balaban J connectivity index is 2.76. The van der Waals surface area contributed by atoms with Gasteiger partial charge in [-0.2, -0.15) is 0 Å². The van der Waals surface area contributed by atoms with Crippen molar-refractivity contribution < 1.29 is 9.53 Å². The molecule has 18 heavy (non-hydrogen) atoms. The van der Waals surface area contributed by atoms with E-state index < -0.39 is 6.04 Å². The third-order valence-electron chi connectivity index (χ3n) is 2.87. The molecule has 0 unspecified atom stereocenters. The first kappa shape index (κ1) is 14.7. The molecule has 0 spiro atoms. The van der Waals surface area contributed by atoms with Gasteiger partial charge in [-0.25, -0.2) is 0 Å². The standard InChI is InChI=1S/C14H22N2O2/c1-11(2)16(9-10-18-3)14(17)13(15)12-7-5-4-6-8-12/h4-8,11,13H,9-10,15H2,1-3H3/t13-/m1/s1. The number of methoxy groups -OCH3 is 1. The highest BCUT2D eigenvalue weighted by Gasteiger charge is 2.23. The minimum absolute atomic E-state index is 0.0618. The van der Waals surface area contributed by atoms with E-state index in [9.17, 15) is 4.79 Å². The molecule has 1 amide bonds. The first-order valence-electron chi connectivity index (χ1n) is 6.18. The number of hydrogen-bond acceptors (Lipinski definition) is 3. The van der Waals surface area contributed by atoms with Crippen LogP contribution in [0.2, 0.25) is 0 Å². The average molecular weight is 250 g/mol. The van der Waals surface area contributed by atoms with Gasteiger partial charge in [-0.1, -0.05) is 30.3 Å². The van der Waals surface area contributed by atoms with Crippen LogP contribution in [-0.4, -0.2) is 37.1 Å². The number of carbonyl (C=O) groups is 1. The Bertz CT molecular complexity index is 365. The highest BCUT2D eigenvalue weighted by Crippen LogP contribution is 2.14. The van der Waals surface area contributed by atoms with Crippen LogP contribution in [0.4, 0.5) is 0 Å². The van der Waals surface area contributed by atoms with Crippen molar-refractivity contribution >= 4 is 5.91 Å². The quantitative estimate of drug-likeness (QED) is 0.833. The maximum absolute atomic E-state index is 12.3. The molecule has 100 valence electrons. The molecule has 0 aliphatic heterocycles. The van der Waals surface area contributed by atoms with Gasteiger partial charge in [0, 0.05) is 19.7 Å². The lowest BCUT2D eigenvalue weighted by molar-refractivity contribution is -0.135. The minimum atomic E-state index is -0.606. The number of nitrogens with two attached hydrogens (primary N) is 1. The van der Waals surface area contributed by atoms with Crippen LogP contribution in [-0.2, 0) is 9.53 Å². The summed E-state index contributed by atoms with van der Waals surface area (Å²) in [6, 6.07) is 8.93. The van der Waals surface area contributed by atoms with Crippen LogP contribution in [0.3, 0.4) is 0 Å². The van der Waals surface area contributed by atoms with Crippen LogP contribution in [0.5, 0.6) is 0 Å². The second kappa shape index (κ2) is 7.13. The minimum Gasteiger partial charge on any atom is -0.383 e. The maximum Gasteiger partial charge on any atom is 0.244 e. The molecule has 0 bridgehead atoms. The summed E-state index contributed by atoms with van der Waals surface area (Å²) in [7, 11) is 1.63. The lowest BCUT2D eigenvalue weighted by Gasteiger charge is -2.29. The van der Waals surface area contributed by atoms with E-state index in [4.69, 9.17) is 10.5 Å². The Labute approximate surface area is 109 Å². The summed E-state index contributed by atoms with van der Waals surface area (Å²) in [5.74, 6) is -0.0618. The fourth-order valence-corrected chi connectivity index (χ4v) is 1.79. The number of nitrogens with zero attached hydrogens (tertiary/aromatic N) is 1. The molecule has 4 nitrogen and oxygen atoms in total. The third kappa shape index (κ3) is 3.82. The molecule has 0 aromatic heterocycles. The van der Waals surface area contributed by atoms with Gasteiger partial charge in [0.25, 0.3) is 0 Å². The van der Waals surface area contributed by atoms with Crippen molar-refractivity contribution in [1.82, 2.24) is 4.90 Å². The summed E-state index contributed by atoms with van der Waals surface area (Å²) >= 11 is 0. The Morgan fingerprint density at radius 1 is 1.33 bits per heavy atom. The molecule has 2 N–H and O–H groups in total. The largest absolute Gasteiger partial charge is 0.383 e. The molecule has 0 saturated heterocycles. The predicted octanol–water partition coefficient (Wildman–Crippen LogP) is 1.57. The molecule has 1 rings (SSSR count). The molecule has 0 aliphatic carbocycles. The third-order valence-corrected chi connectivity index (χ3v) is 2.87. The van der Waals surface area contributed by atoms with Crippen molar-refractivity contribution in [1.29, 1.82) is 0 Å². The number of ether oxygens (including phenoxy) is 1. The van der Waals surface area contributed by atoms with Crippen molar-refractivity contribution in [2.24, 2.45) is 5.73 Å². The van der Waals surface area contributed by atoms with Crippen molar-refractivity contribution in [3.8, 4) is 0 Å². The van der Waals surface area contributed by atoms with Gasteiger partial charge in [-0.3, -0.25) is 4.79 Å². The SMILES string of the molecule is COCCN(C(=O)[C@H](N)c1ccccc1)C(C)C. The van der Waals surface area contributed by atoms with Gasteiger partial charge < -0.3 is 15.4 Å². The van der Waals surface area contributed by atoms with Crippen LogP contribution in [0.15, 0.2) is 30.3 Å². The molecular formula is C14H22N2O2. The highest BCUT2D eigenvalue weighted by molar-refractivity contribution is 5.83. The molecule has 1 aromatic rings. The zero-order valence-electron chi connectivity index (χ0n) is 11.3. The van der Waals surface area contributed by atoms with Crippen LogP contribution < -0.4 is 5.73 Å². The molecule has 0 saturated carbocycles. The fourth-order valence-electron chi connectivity index (χ4n) is 1.79. The van der Waals surface area contributed by atoms with E-state index in [1.54, 1.807) is 12.0 Å². The Morgan fingerprint density at radius 3 is 2.44 bits per heavy atom. The van der Waals surface area contributed by atoms with E-state index in [0.717, 1.165) is 5.56 Å². The summed E-state index contributed by atoms with van der Waals surface area (Å²) in [6.45, 7) is 5.04. The zero-order chi connectivity index (χ0) is 13.5. The van der Waals surface area contributed by atoms with Gasteiger partial charge in [0.05, 0.1) is 6.61 Å². The molecule has 1 aromatic carbocycles. The van der Waals surface area contributed by atoms with Crippen LogP contribution in [0.25, 0.3) is 0 Å². The van der Waals surface area contributed by atoms with Gasteiger partial charge in [0.1, 0.15) is 6.04 Å². The molecule has 4 heteroatoms. The van der Waals surface area contributed by atoms with Crippen molar-refractivity contribution in [3.63, 3.8) is 0 Å². The van der Waals surface area contributed by atoms with E-state index in [1.165, 1.54) is 0 Å². The normalized spacial score (nSPS) is 12.5. The van der Waals surface area contributed by atoms with Gasteiger partial charge >= 0.3 is 0 Å². The summed E-state index contributed by atoms with van der Waals surface area (Å²) in [4.78, 5) is 14.1. The number of hydrogen-bond donors (Lipinski definition) is 1. The molecule has 1 atom stereocenters. The summed E-state index contributed by atoms with van der Waals surface area (Å²) in [6.07, 6.45) is 0. The molecule has 0 aliphatic rings. The van der Waals surface area contributed by atoms with E-state index in [-0.39, 0.29) is 11.9 Å². The lowest BCUT2D eigenvalue weighted by atomic mass is 10.1. The van der Waals surface area contributed by atoms with Crippen molar-refractivity contribution in [2.45, 2.75) is 25.9 Å². The second-order valence-electron chi connectivity index (χ2n) is 4.51. The zero-order valence-corrected chi connectivity index (χ0v) is 11.3. The van der Waals surface area contributed by atoms with Gasteiger partial charge in [0.2, 0.25) is 5.91 Å². The van der Waals surface area contributed by atoms with Crippen molar-refractivity contribution in [3.05, 3.63) is 35.9 Å². The van der Waals surface area contributed by atoms with Crippen LogP contribution >= 0.6 is 0 Å². The molecule has 0 fully saturated rings. The van der Waals surface area contributed by atoms with E-state index in [1.807, 2.05) is 44.2 Å². The number of amides is 1. The Hall–Kier alpha value is -1.39. The first-order chi connectivity index (χ1) is 8.57. The molecular weight excluding hydrogens is 228 g/mol. The number of rotatable bonds is 6. The molecule has 0 heterocycles. The van der Waals surface area contributed by atoms with E-state index in [2.05, 4.69) is 0 Å². The predicted molar refractivity (Wildman–Crippen MR) is 72.1 cm³/mol. The monoisotopic (exact) mass is 250 g/mol. The Kier molecular flexibility index (Phi) is 5.82. The van der Waals surface area contributed by atoms with Gasteiger partial charge in [0.15, 0.2) is 0 Å². The van der Waals surface area contributed by atoms with Gasteiger partial charge in [-0.05, 0) is 19.4 Å². The van der Waals surface area contributed by atoms with E-state index >= 15 is 0 Å². The summed E-state index contributed by atoms with van der Waals surface area (Å²) in [5.41, 5.74) is 6.86.